The lowest BCUT2D eigenvalue weighted by Crippen LogP contribution is -2.22. The molecule has 2 nitrogen and oxygen atoms in total. The minimum absolute atomic E-state index is 0.238. The Morgan fingerprint density at radius 3 is 2.50 bits per heavy atom. The lowest BCUT2D eigenvalue weighted by Gasteiger charge is -2.04. The Hall–Kier alpha value is 0.270. The van der Waals surface area contributed by atoms with Crippen molar-refractivity contribution >= 4 is 12.6 Å². The summed E-state index contributed by atoms with van der Waals surface area (Å²) in [5, 5.41) is 0. The normalized spacial score (nSPS) is 13.9. The van der Waals surface area contributed by atoms with Crippen LogP contribution >= 0.6 is 12.6 Å². The topological polar surface area (TPSA) is 52.0 Å². The smallest absolute Gasteiger partial charge is 0.0128 e. The first-order valence-electron chi connectivity index (χ1n) is 2.87. The molecule has 3 heteroatoms. The Kier molecular flexibility index (Phi) is 5.59. The van der Waals surface area contributed by atoms with E-state index < -0.39 is 0 Å². The van der Waals surface area contributed by atoms with Gasteiger partial charge in [-0.25, -0.2) is 0 Å². The summed E-state index contributed by atoms with van der Waals surface area (Å²) in [7, 11) is 0. The second kappa shape index (κ2) is 5.41. The van der Waals surface area contributed by atoms with Gasteiger partial charge < -0.3 is 11.5 Å². The molecule has 0 aromatic rings. The fourth-order valence-electron chi connectivity index (χ4n) is 0.471. The SMILES string of the molecule is NCCC[C@H](N)CS. The monoisotopic (exact) mass is 134 g/mol. The van der Waals surface area contributed by atoms with Gasteiger partial charge in [-0.2, -0.15) is 12.6 Å². The van der Waals surface area contributed by atoms with Gasteiger partial charge in [0.2, 0.25) is 0 Å². The molecule has 0 saturated carbocycles. The molecule has 0 rings (SSSR count). The summed E-state index contributed by atoms with van der Waals surface area (Å²) in [5.41, 5.74) is 10.8. The highest BCUT2D eigenvalue weighted by Gasteiger charge is 1.95. The van der Waals surface area contributed by atoms with Crippen LogP contribution in [-0.2, 0) is 0 Å². The van der Waals surface area contributed by atoms with Crippen molar-refractivity contribution in [2.24, 2.45) is 11.5 Å². The highest BCUT2D eigenvalue weighted by molar-refractivity contribution is 7.80. The predicted octanol–water partition coefficient (Wildman–Crippen LogP) is -0.0176. The van der Waals surface area contributed by atoms with E-state index in [0.717, 1.165) is 25.1 Å². The second-order valence-corrected chi connectivity index (χ2v) is 2.24. The molecule has 0 aliphatic rings. The maximum absolute atomic E-state index is 5.53. The Morgan fingerprint density at radius 2 is 2.12 bits per heavy atom. The van der Waals surface area contributed by atoms with Crippen LogP contribution < -0.4 is 11.5 Å². The summed E-state index contributed by atoms with van der Waals surface area (Å²) in [6, 6.07) is 0.238. The first kappa shape index (κ1) is 8.27. The highest BCUT2D eigenvalue weighted by atomic mass is 32.1. The predicted molar refractivity (Wildman–Crippen MR) is 40.1 cm³/mol. The fraction of sp³-hybridized carbons (Fsp3) is 1.00. The van der Waals surface area contributed by atoms with E-state index in [4.69, 9.17) is 11.5 Å². The molecular weight excluding hydrogens is 120 g/mol. The van der Waals surface area contributed by atoms with Crippen molar-refractivity contribution < 1.29 is 0 Å². The molecule has 0 saturated heterocycles. The highest BCUT2D eigenvalue weighted by Crippen LogP contribution is 1.93. The molecule has 0 amide bonds. The van der Waals surface area contributed by atoms with Crippen molar-refractivity contribution in [2.75, 3.05) is 12.3 Å². The van der Waals surface area contributed by atoms with E-state index in [-0.39, 0.29) is 6.04 Å². The number of hydrogen-bond acceptors (Lipinski definition) is 3. The first-order chi connectivity index (χ1) is 3.81. The average molecular weight is 134 g/mol. The lowest BCUT2D eigenvalue weighted by molar-refractivity contribution is 0.639. The zero-order valence-corrected chi connectivity index (χ0v) is 5.90. The van der Waals surface area contributed by atoms with Gasteiger partial charge >= 0.3 is 0 Å². The van der Waals surface area contributed by atoms with E-state index in [9.17, 15) is 0 Å². The summed E-state index contributed by atoms with van der Waals surface area (Å²) in [5.74, 6) is 0.764. The maximum atomic E-state index is 5.53. The average Bonchev–Trinajstić information content (AvgIpc) is 1.83. The minimum atomic E-state index is 0.238. The molecule has 0 spiro atoms. The second-order valence-electron chi connectivity index (χ2n) is 1.87. The van der Waals surface area contributed by atoms with Crippen LogP contribution in [0, 0.1) is 0 Å². The third kappa shape index (κ3) is 4.43. The van der Waals surface area contributed by atoms with Crippen LogP contribution in [0.25, 0.3) is 0 Å². The van der Waals surface area contributed by atoms with Gasteiger partial charge in [0.25, 0.3) is 0 Å². The van der Waals surface area contributed by atoms with Gasteiger partial charge in [0.1, 0.15) is 0 Å². The minimum Gasteiger partial charge on any atom is -0.330 e. The largest absolute Gasteiger partial charge is 0.330 e. The molecule has 1 atom stereocenters. The molecule has 8 heavy (non-hydrogen) atoms. The lowest BCUT2D eigenvalue weighted by atomic mass is 10.2. The molecule has 0 fully saturated rings. The van der Waals surface area contributed by atoms with Gasteiger partial charge in [-0.3, -0.25) is 0 Å². The van der Waals surface area contributed by atoms with E-state index in [2.05, 4.69) is 12.6 Å². The number of hydrogen-bond donors (Lipinski definition) is 3. The van der Waals surface area contributed by atoms with Crippen molar-refractivity contribution in [3.05, 3.63) is 0 Å². The van der Waals surface area contributed by atoms with E-state index in [1.54, 1.807) is 0 Å². The van der Waals surface area contributed by atoms with Gasteiger partial charge in [0.15, 0.2) is 0 Å². The number of thiol groups is 1. The summed E-state index contributed by atoms with van der Waals surface area (Å²) >= 11 is 4.02. The van der Waals surface area contributed by atoms with E-state index in [1.165, 1.54) is 0 Å². The molecule has 0 aliphatic carbocycles. The molecule has 4 N–H and O–H groups in total. The first-order valence-corrected chi connectivity index (χ1v) is 3.51. The van der Waals surface area contributed by atoms with Crippen LogP contribution in [0.4, 0.5) is 0 Å². The van der Waals surface area contributed by atoms with Gasteiger partial charge in [0, 0.05) is 11.8 Å². The van der Waals surface area contributed by atoms with Crippen molar-refractivity contribution in [1.29, 1.82) is 0 Å². The van der Waals surface area contributed by atoms with E-state index in [0.29, 0.717) is 0 Å². The van der Waals surface area contributed by atoms with Crippen LogP contribution in [0.2, 0.25) is 0 Å². The van der Waals surface area contributed by atoms with Crippen molar-refractivity contribution in [3.8, 4) is 0 Å². The van der Waals surface area contributed by atoms with Crippen molar-refractivity contribution in [2.45, 2.75) is 18.9 Å². The Balaban J connectivity index is 2.86. The number of rotatable bonds is 4. The summed E-state index contributed by atoms with van der Waals surface area (Å²) in [6.07, 6.45) is 2.02. The molecule has 0 aromatic heterocycles. The Bertz CT molecular complexity index is 49.7. The zero-order valence-electron chi connectivity index (χ0n) is 5.01. The molecule has 0 radical (unpaired) electrons. The standard InChI is InChI=1S/C5H14N2S/c6-3-1-2-5(7)4-8/h5,8H,1-4,6-7H2/t5-/m0/s1. The molecular formula is C5H14N2S. The quantitative estimate of drug-likeness (QED) is 0.473. The van der Waals surface area contributed by atoms with Gasteiger partial charge in [-0.05, 0) is 19.4 Å². The van der Waals surface area contributed by atoms with Gasteiger partial charge in [-0.15, -0.1) is 0 Å². The molecule has 50 valence electrons. The maximum Gasteiger partial charge on any atom is 0.0128 e. The summed E-state index contributed by atoms with van der Waals surface area (Å²) in [6.45, 7) is 0.738. The fourth-order valence-corrected chi connectivity index (χ4v) is 0.654. The third-order valence-electron chi connectivity index (χ3n) is 1.01. The van der Waals surface area contributed by atoms with Gasteiger partial charge in [-0.1, -0.05) is 0 Å². The van der Waals surface area contributed by atoms with E-state index in [1.807, 2.05) is 0 Å². The van der Waals surface area contributed by atoms with Crippen LogP contribution in [0.15, 0.2) is 0 Å². The van der Waals surface area contributed by atoms with Crippen LogP contribution in [-0.4, -0.2) is 18.3 Å². The van der Waals surface area contributed by atoms with Crippen molar-refractivity contribution in [3.63, 3.8) is 0 Å². The zero-order chi connectivity index (χ0) is 6.41. The Labute approximate surface area is 56.0 Å². The summed E-state index contributed by atoms with van der Waals surface area (Å²) < 4.78 is 0. The van der Waals surface area contributed by atoms with Gasteiger partial charge in [0.05, 0.1) is 0 Å². The Morgan fingerprint density at radius 1 is 1.50 bits per heavy atom. The van der Waals surface area contributed by atoms with Crippen molar-refractivity contribution in [1.82, 2.24) is 0 Å². The molecule has 0 heterocycles. The molecule has 0 aromatic carbocycles. The molecule has 0 bridgehead atoms. The van der Waals surface area contributed by atoms with Crippen LogP contribution in [0.5, 0.6) is 0 Å². The number of nitrogens with two attached hydrogens (primary N) is 2. The third-order valence-corrected chi connectivity index (χ3v) is 1.48. The molecule has 0 aliphatic heterocycles. The summed E-state index contributed by atoms with van der Waals surface area (Å²) in [4.78, 5) is 0. The van der Waals surface area contributed by atoms with Crippen LogP contribution in [0.1, 0.15) is 12.8 Å². The van der Waals surface area contributed by atoms with E-state index >= 15 is 0 Å². The molecule has 0 unspecified atom stereocenters. The van der Waals surface area contributed by atoms with Crippen LogP contribution in [0.3, 0.4) is 0 Å².